The second kappa shape index (κ2) is 12.8. The first-order valence-electron chi connectivity index (χ1n) is 12.2. The summed E-state index contributed by atoms with van der Waals surface area (Å²) in [6.45, 7) is 11.7. The van der Waals surface area contributed by atoms with Gasteiger partial charge in [0.15, 0.2) is 0 Å². The minimum absolute atomic E-state index is 0.144. The summed E-state index contributed by atoms with van der Waals surface area (Å²) in [5.74, 6) is 1.34. The van der Waals surface area contributed by atoms with E-state index in [0.717, 1.165) is 81.1 Å². The summed E-state index contributed by atoms with van der Waals surface area (Å²) in [6, 6.07) is 5.77. The Balaban J connectivity index is 1.48. The molecule has 3 N–H and O–H groups in total. The van der Waals surface area contributed by atoms with Crippen molar-refractivity contribution >= 4 is 22.8 Å². The molecule has 0 aliphatic carbocycles. The average Bonchev–Trinajstić information content (AvgIpc) is 2.80. The summed E-state index contributed by atoms with van der Waals surface area (Å²) in [7, 11) is 0. The number of nitrogens with two attached hydrogens (primary N) is 1. The number of hydrogen-bond acceptors (Lipinski definition) is 9. The molecule has 1 saturated heterocycles. The Morgan fingerprint density at radius 1 is 1.15 bits per heavy atom. The lowest BCUT2D eigenvalue weighted by atomic mass is 10.1. The van der Waals surface area contributed by atoms with Gasteiger partial charge in [0.25, 0.3) is 0 Å². The van der Waals surface area contributed by atoms with Crippen LogP contribution in [0.15, 0.2) is 18.2 Å². The molecule has 0 amide bonds. The Hall–Kier alpha value is -2.49. The van der Waals surface area contributed by atoms with Gasteiger partial charge in [-0.2, -0.15) is 0 Å². The van der Waals surface area contributed by atoms with Crippen LogP contribution in [0.1, 0.15) is 52.1 Å². The lowest BCUT2D eigenvalue weighted by Crippen LogP contribution is -2.38. The lowest BCUT2D eigenvalue weighted by molar-refractivity contribution is -0.154. The van der Waals surface area contributed by atoms with Gasteiger partial charge in [-0.05, 0) is 45.7 Å². The number of anilines is 1. The molecule has 1 fully saturated rings. The van der Waals surface area contributed by atoms with E-state index in [2.05, 4.69) is 15.2 Å². The number of benzene rings is 1. The zero-order chi connectivity index (χ0) is 24.4. The molecule has 34 heavy (non-hydrogen) atoms. The molecule has 2 heterocycles. The van der Waals surface area contributed by atoms with Crippen LogP contribution in [0.3, 0.4) is 0 Å². The standard InChI is InChI=1S/C25H39N5O4/c1-25(2,3)34-23(31)7-5-4-6-10-27-24-22(18-26)28-20-9-8-19(17-21(20)29-24)33-16-13-30-11-14-32-15-12-30/h8-9,17H,4-7,10-16,18,26H2,1-3H3,(H,27,29). The highest BCUT2D eigenvalue weighted by Gasteiger charge is 2.15. The van der Waals surface area contributed by atoms with E-state index in [1.807, 2.05) is 39.0 Å². The number of esters is 1. The van der Waals surface area contributed by atoms with Gasteiger partial charge in [0.2, 0.25) is 0 Å². The van der Waals surface area contributed by atoms with Crippen molar-refractivity contribution in [3.63, 3.8) is 0 Å². The van der Waals surface area contributed by atoms with Gasteiger partial charge >= 0.3 is 5.97 Å². The van der Waals surface area contributed by atoms with E-state index in [1.54, 1.807) is 0 Å². The topological polar surface area (TPSA) is 112 Å². The predicted molar refractivity (Wildman–Crippen MR) is 133 cm³/mol. The highest BCUT2D eigenvalue weighted by Crippen LogP contribution is 2.22. The fourth-order valence-electron chi connectivity index (χ4n) is 3.73. The van der Waals surface area contributed by atoms with Crippen LogP contribution < -0.4 is 15.8 Å². The molecule has 3 rings (SSSR count). The van der Waals surface area contributed by atoms with E-state index in [-0.39, 0.29) is 5.97 Å². The average molecular weight is 474 g/mol. The third-order valence-electron chi connectivity index (χ3n) is 5.45. The van der Waals surface area contributed by atoms with Crippen LogP contribution in [0.2, 0.25) is 0 Å². The number of nitrogens with one attached hydrogen (secondary N) is 1. The van der Waals surface area contributed by atoms with Gasteiger partial charge in [-0.1, -0.05) is 6.42 Å². The maximum Gasteiger partial charge on any atom is 0.306 e. The number of morpholine rings is 1. The molecule has 0 atom stereocenters. The number of carbonyl (C=O) groups is 1. The molecule has 1 aromatic carbocycles. The maximum atomic E-state index is 11.8. The third-order valence-corrected chi connectivity index (χ3v) is 5.45. The fraction of sp³-hybridized carbons (Fsp3) is 0.640. The van der Waals surface area contributed by atoms with Gasteiger partial charge < -0.3 is 25.3 Å². The second-order valence-electron chi connectivity index (χ2n) is 9.50. The van der Waals surface area contributed by atoms with Crippen LogP contribution in [0, 0.1) is 0 Å². The Labute approximate surface area is 202 Å². The van der Waals surface area contributed by atoms with Crippen molar-refractivity contribution in [3.8, 4) is 5.75 Å². The van der Waals surface area contributed by atoms with Crippen LogP contribution in [-0.4, -0.2) is 72.4 Å². The molecule has 188 valence electrons. The molecule has 9 nitrogen and oxygen atoms in total. The van der Waals surface area contributed by atoms with Gasteiger partial charge in [0, 0.05) is 45.2 Å². The molecule has 1 aliphatic heterocycles. The molecule has 0 unspecified atom stereocenters. The van der Waals surface area contributed by atoms with E-state index in [4.69, 9.17) is 24.9 Å². The number of carbonyl (C=O) groups excluding carboxylic acids is 1. The maximum absolute atomic E-state index is 11.8. The molecule has 1 aromatic heterocycles. The van der Waals surface area contributed by atoms with Crippen molar-refractivity contribution in [1.29, 1.82) is 0 Å². The highest BCUT2D eigenvalue weighted by atomic mass is 16.6. The van der Waals surface area contributed by atoms with E-state index >= 15 is 0 Å². The number of unbranched alkanes of at least 4 members (excludes halogenated alkanes) is 2. The summed E-state index contributed by atoms with van der Waals surface area (Å²) < 4.78 is 16.7. The van der Waals surface area contributed by atoms with Crippen molar-refractivity contribution in [2.45, 2.75) is 58.6 Å². The van der Waals surface area contributed by atoms with Crippen molar-refractivity contribution in [2.75, 3.05) is 51.3 Å². The number of hydrogen-bond donors (Lipinski definition) is 2. The lowest BCUT2D eigenvalue weighted by Gasteiger charge is -2.26. The van der Waals surface area contributed by atoms with Crippen molar-refractivity contribution in [3.05, 3.63) is 23.9 Å². The van der Waals surface area contributed by atoms with Crippen molar-refractivity contribution in [1.82, 2.24) is 14.9 Å². The third kappa shape index (κ3) is 8.70. The molecule has 0 radical (unpaired) electrons. The molecule has 9 heteroatoms. The van der Waals surface area contributed by atoms with Crippen LogP contribution in [0.25, 0.3) is 11.0 Å². The predicted octanol–water partition coefficient (Wildman–Crippen LogP) is 3.11. The number of ether oxygens (including phenoxy) is 3. The van der Waals surface area contributed by atoms with Crippen LogP contribution in [0.5, 0.6) is 5.75 Å². The summed E-state index contributed by atoms with van der Waals surface area (Å²) in [5.41, 5.74) is 7.79. The number of aromatic nitrogens is 2. The molecular weight excluding hydrogens is 434 g/mol. The molecule has 0 spiro atoms. The summed E-state index contributed by atoms with van der Waals surface area (Å²) in [5, 5.41) is 3.36. The summed E-state index contributed by atoms with van der Waals surface area (Å²) >= 11 is 0. The first-order chi connectivity index (χ1) is 16.3. The minimum Gasteiger partial charge on any atom is -0.492 e. The SMILES string of the molecule is CC(C)(C)OC(=O)CCCCCNc1nc2cc(OCCN3CCOCC3)ccc2nc1CN. The molecule has 0 bridgehead atoms. The van der Waals surface area contributed by atoms with E-state index < -0.39 is 5.60 Å². The summed E-state index contributed by atoms with van der Waals surface area (Å²) in [4.78, 5) is 23.6. The Morgan fingerprint density at radius 2 is 1.94 bits per heavy atom. The van der Waals surface area contributed by atoms with Crippen molar-refractivity contribution in [2.24, 2.45) is 5.73 Å². The van der Waals surface area contributed by atoms with Crippen LogP contribution in [0.4, 0.5) is 5.82 Å². The highest BCUT2D eigenvalue weighted by molar-refractivity contribution is 5.78. The van der Waals surface area contributed by atoms with Gasteiger partial charge in [0.05, 0.1) is 29.9 Å². The number of nitrogens with zero attached hydrogens (tertiary/aromatic N) is 3. The fourth-order valence-corrected chi connectivity index (χ4v) is 3.73. The van der Waals surface area contributed by atoms with E-state index in [1.165, 1.54) is 0 Å². The first-order valence-corrected chi connectivity index (χ1v) is 12.2. The number of fused-ring (bicyclic) bond motifs is 1. The largest absolute Gasteiger partial charge is 0.492 e. The minimum atomic E-state index is -0.431. The zero-order valence-corrected chi connectivity index (χ0v) is 20.8. The summed E-state index contributed by atoms with van der Waals surface area (Å²) in [6.07, 6.45) is 3.08. The molecule has 0 saturated carbocycles. The molecule has 1 aliphatic rings. The second-order valence-corrected chi connectivity index (χ2v) is 9.50. The van der Waals surface area contributed by atoms with E-state index in [9.17, 15) is 4.79 Å². The van der Waals surface area contributed by atoms with E-state index in [0.29, 0.717) is 25.4 Å². The van der Waals surface area contributed by atoms with Gasteiger partial charge in [-0.25, -0.2) is 9.97 Å². The monoisotopic (exact) mass is 473 g/mol. The Morgan fingerprint density at radius 3 is 2.68 bits per heavy atom. The smallest absolute Gasteiger partial charge is 0.306 e. The first kappa shape index (κ1) is 26.1. The van der Waals surface area contributed by atoms with Crippen LogP contribution in [-0.2, 0) is 20.8 Å². The van der Waals surface area contributed by atoms with Gasteiger partial charge in [0.1, 0.15) is 23.8 Å². The number of rotatable bonds is 12. The van der Waals surface area contributed by atoms with Gasteiger partial charge in [-0.15, -0.1) is 0 Å². The Kier molecular flexibility index (Phi) is 9.86. The quantitative estimate of drug-likeness (QED) is 0.355. The normalized spacial score (nSPS) is 14.8. The van der Waals surface area contributed by atoms with Crippen molar-refractivity contribution < 1.29 is 19.0 Å². The van der Waals surface area contributed by atoms with Gasteiger partial charge in [-0.3, -0.25) is 9.69 Å². The Bertz CT molecular complexity index is 925. The van der Waals surface area contributed by atoms with Crippen LogP contribution >= 0.6 is 0 Å². The molecular formula is C25H39N5O4. The zero-order valence-electron chi connectivity index (χ0n) is 20.8. The molecule has 2 aromatic rings.